The van der Waals surface area contributed by atoms with Crippen molar-refractivity contribution in [2.24, 2.45) is 0 Å². The van der Waals surface area contributed by atoms with Crippen molar-refractivity contribution in [3.8, 4) is 44.5 Å². The molecule has 0 unspecified atom stereocenters. The van der Waals surface area contributed by atoms with Crippen LogP contribution in [0.25, 0.3) is 76.8 Å². The van der Waals surface area contributed by atoms with Crippen LogP contribution in [0.3, 0.4) is 0 Å². The molecule has 0 nitrogen and oxygen atoms in total. The maximum Gasteiger partial charge on any atom is 0.0714 e. The summed E-state index contributed by atoms with van der Waals surface area (Å²) < 4.78 is 0. The smallest absolute Gasteiger partial charge is 0.0622 e. The van der Waals surface area contributed by atoms with Crippen molar-refractivity contribution in [1.82, 2.24) is 0 Å². The van der Waals surface area contributed by atoms with Crippen LogP contribution in [0.15, 0.2) is 218 Å². The number of hydrogen-bond acceptors (Lipinski definition) is 0. The highest BCUT2D eigenvalue weighted by Crippen LogP contribution is 2.59. The molecule has 0 radical (unpaired) electrons. The van der Waals surface area contributed by atoms with E-state index in [1.54, 1.807) is 0 Å². The Morgan fingerprint density at radius 1 is 0.255 bits per heavy atom. The third-order valence-corrected chi connectivity index (χ3v) is 11.9. The topological polar surface area (TPSA) is 0 Å². The van der Waals surface area contributed by atoms with E-state index in [0.29, 0.717) is 0 Å². The molecule has 0 N–H and O–H groups in total. The molecular formula is C55H36. The first-order valence-corrected chi connectivity index (χ1v) is 19.2. The molecule has 0 fully saturated rings. The van der Waals surface area contributed by atoms with Crippen LogP contribution < -0.4 is 0 Å². The summed E-state index contributed by atoms with van der Waals surface area (Å²) in [5.74, 6) is 0. The van der Waals surface area contributed by atoms with Crippen LogP contribution >= 0.6 is 0 Å². The summed E-state index contributed by atoms with van der Waals surface area (Å²) in [5.41, 5.74) is 14.6. The highest BCUT2D eigenvalue weighted by atomic mass is 14.5. The molecule has 0 bridgehead atoms. The molecule has 0 heteroatoms. The van der Waals surface area contributed by atoms with E-state index in [2.05, 4.69) is 218 Å². The van der Waals surface area contributed by atoms with Gasteiger partial charge in [0.05, 0.1) is 5.41 Å². The minimum atomic E-state index is -0.496. The standard InChI is InChI=1S/C55H36/c1-3-19-46(20-4-1)55(47-21-5-2-6-22-47)52-26-14-13-25-50(52)54-49-24-12-11-23-48(49)51(36-53(54)55)45-34-43(41-29-27-37-15-7-9-17-39(37)31-41)33-44(35-45)42-30-28-38-16-8-10-18-40(38)32-42/h1-36H. The molecular weight excluding hydrogens is 661 g/mol. The van der Waals surface area contributed by atoms with E-state index < -0.39 is 5.41 Å². The van der Waals surface area contributed by atoms with Gasteiger partial charge >= 0.3 is 0 Å². The molecule has 10 aromatic rings. The Hall–Kier alpha value is -7.02. The van der Waals surface area contributed by atoms with Crippen molar-refractivity contribution in [1.29, 1.82) is 0 Å². The minimum Gasteiger partial charge on any atom is -0.0622 e. The van der Waals surface area contributed by atoms with Gasteiger partial charge in [0, 0.05) is 0 Å². The molecule has 0 spiro atoms. The van der Waals surface area contributed by atoms with E-state index in [1.165, 1.54) is 99.1 Å². The van der Waals surface area contributed by atoms with Gasteiger partial charge in [-0.15, -0.1) is 0 Å². The van der Waals surface area contributed by atoms with Crippen LogP contribution in [-0.4, -0.2) is 0 Å². The van der Waals surface area contributed by atoms with Crippen LogP contribution in [0, 0.1) is 0 Å². The molecule has 55 heavy (non-hydrogen) atoms. The Morgan fingerprint density at radius 2 is 0.727 bits per heavy atom. The van der Waals surface area contributed by atoms with Gasteiger partial charge in [0.1, 0.15) is 0 Å². The predicted molar refractivity (Wildman–Crippen MR) is 233 cm³/mol. The van der Waals surface area contributed by atoms with Gasteiger partial charge in [0.2, 0.25) is 0 Å². The SMILES string of the molecule is c1ccc(C2(c3ccccc3)c3ccccc3-c3c2cc(-c2cc(-c4ccc5ccccc5c4)cc(-c4ccc5ccccc5c4)c2)c2ccccc32)cc1. The lowest BCUT2D eigenvalue weighted by Crippen LogP contribution is -2.28. The second-order valence-corrected chi connectivity index (χ2v) is 14.8. The summed E-state index contributed by atoms with van der Waals surface area (Å²) in [6.07, 6.45) is 0. The third-order valence-electron chi connectivity index (χ3n) is 11.9. The second-order valence-electron chi connectivity index (χ2n) is 14.8. The summed E-state index contributed by atoms with van der Waals surface area (Å²) in [5, 5.41) is 7.52. The van der Waals surface area contributed by atoms with E-state index in [-0.39, 0.29) is 0 Å². The highest BCUT2D eigenvalue weighted by molar-refractivity contribution is 6.10. The van der Waals surface area contributed by atoms with Crippen molar-refractivity contribution in [2.75, 3.05) is 0 Å². The Kier molecular flexibility index (Phi) is 7.19. The molecule has 11 rings (SSSR count). The van der Waals surface area contributed by atoms with Crippen LogP contribution in [-0.2, 0) is 5.41 Å². The fourth-order valence-electron chi connectivity index (χ4n) is 9.39. The molecule has 10 aromatic carbocycles. The average molecular weight is 697 g/mol. The molecule has 0 aliphatic heterocycles. The first kappa shape index (κ1) is 31.5. The Labute approximate surface area is 321 Å². The fraction of sp³-hybridized carbons (Fsp3) is 0.0182. The molecule has 0 atom stereocenters. The summed E-state index contributed by atoms with van der Waals surface area (Å²) in [4.78, 5) is 0. The van der Waals surface area contributed by atoms with E-state index in [9.17, 15) is 0 Å². The van der Waals surface area contributed by atoms with Crippen molar-refractivity contribution in [3.05, 3.63) is 241 Å². The molecule has 0 amide bonds. The molecule has 256 valence electrons. The van der Waals surface area contributed by atoms with Gasteiger partial charge in [0.25, 0.3) is 0 Å². The van der Waals surface area contributed by atoms with Crippen LogP contribution in [0.5, 0.6) is 0 Å². The Morgan fingerprint density at radius 3 is 1.33 bits per heavy atom. The number of benzene rings is 10. The quantitative estimate of drug-likeness (QED) is 0.168. The monoisotopic (exact) mass is 696 g/mol. The van der Waals surface area contributed by atoms with Crippen LogP contribution in [0.1, 0.15) is 22.3 Å². The number of hydrogen-bond donors (Lipinski definition) is 0. The summed E-state index contributed by atoms with van der Waals surface area (Å²) in [6, 6.07) is 81.1. The zero-order chi connectivity index (χ0) is 36.3. The molecule has 1 aliphatic carbocycles. The maximum absolute atomic E-state index is 2.53. The number of fused-ring (bicyclic) bond motifs is 7. The van der Waals surface area contributed by atoms with Gasteiger partial charge in [-0.3, -0.25) is 0 Å². The Bertz CT molecular complexity index is 2940. The summed E-state index contributed by atoms with van der Waals surface area (Å²) >= 11 is 0. The summed E-state index contributed by atoms with van der Waals surface area (Å²) in [7, 11) is 0. The molecule has 0 saturated heterocycles. The van der Waals surface area contributed by atoms with Gasteiger partial charge in [0.15, 0.2) is 0 Å². The zero-order valence-electron chi connectivity index (χ0n) is 30.3. The van der Waals surface area contributed by atoms with Crippen LogP contribution in [0.2, 0.25) is 0 Å². The molecule has 1 aliphatic rings. The average Bonchev–Trinajstić information content (AvgIpc) is 3.57. The van der Waals surface area contributed by atoms with Crippen molar-refractivity contribution < 1.29 is 0 Å². The van der Waals surface area contributed by atoms with E-state index >= 15 is 0 Å². The van der Waals surface area contributed by atoms with Gasteiger partial charge in [-0.2, -0.15) is 0 Å². The largest absolute Gasteiger partial charge is 0.0714 e. The van der Waals surface area contributed by atoms with E-state index in [4.69, 9.17) is 0 Å². The van der Waals surface area contributed by atoms with Crippen molar-refractivity contribution >= 4 is 32.3 Å². The lowest BCUT2D eigenvalue weighted by atomic mass is 9.67. The van der Waals surface area contributed by atoms with Gasteiger partial charge in [-0.25, -0.2) is 0 Å². The number of rotatable bonds is 5. The first-order valence-electron chi connectivity index (χ1n) is 19.2. The second kappa shape index (κ2) is 12.5. The van der Waals surface area contributed by atoms with Gasteiger partial charge in [-0.05, 0) is 135 Å². The van der Waals surface area contributed by atoms with Crippen molar-refractivity contribution in [3.63, 3.8) is 0 Å². The molecule has 0 heterocycles. The van der Waals surface area contributed by atoms with Gasteiger partial charge in [-0.1, -0.05) is 182 Å². The normalized spacial score (nSPS) is 12.9. The Balaban J connectivity index is 1.24. The van der Waals surface area contributed by atoms with Crippen LogP contribution in [0.4, 0.5) is 0 Å². The lowest BCUT2D eigenvalue weighted by Gasteiger charge is -2.34. The minimum absolute atomic E-state index is 0.496. The highest BCUT2D eigenvalue weighted by Gasteiger charge is 2.47. The molecule has 0 aromatic heterocycles. The predicted octanol–water partition coefficient (Wildman–Crippen LogP) is 14.5. The maximum atomic E-state index is 2.53. The third kappa shape index (κ3) is 4.92. The van der Waals surface area contributed by atoms with E-state index in [0.717, 1.165) is 0 Å². The molecule has 0 saturated carbocycles. The van der Waals surface area contributed by atoms with Crippen molar-refractivity contribution in [2.45, 2.75) is 5.41 Å². The summed E-state index contributed by atoms with van der Waals surface area (Å²) in [6.45, 7) is 0. The first-order chi connectivity index (χ1) is 27.3. The lowest BCUT2D eigenvalue weighted by molar-refractivity contribution is 0.769. The van der Waals surface area contributed by atoms with E-state index in [1.807, 2.05) is 0 Å². The zero-order valence-corrected chi connectivity index (χ0v) is 30.3. The van der Waals surface area contributed by atoms with Gasteiger partial charge < -0.3 is 0 Å². The fourth-order valence-corrected chi connectivity index (χ4v) is 9.39.